The van der Waals surface area contributed by atoms with Crippen molar-refractivity contribution < 1.29 is 19.1 Å². The molecule has 0 unspecified atom stereocenters. The molecule has 0 aliphatic heterocycles. The van der Waals surface area contributed by atoms with Gasteiger partial charge in [0, 0.05) is 36.3 Å². The molecule has 6 nitrogen and oxygen atoms in total. The van der Waals surface area contributed by atoms with Gasteiger partial charge < -0.3 is 19.8 Å². The number of nitrogens with two attached hydrogens (primary N) is 1. The van der Waals surface area contributed by atoms with Crippen LogP contribution in [0.5, 0.6) is 0 Å². The normalized spacial score (nSPS) is 10.6. The van der Waals surface area contributed by atoms with Gasteiger partial charge in [-0.2, -0.15) is 0 Å². The number of nitrogens with zero attached hydrogens (tertiary/aromatic N) is 1. The summed E-state index contributed by atoms with van der Waals surface area (Å²) in [6.07, 6.45) is 0. The van der Waals surface area contributed by atoms with Crippen LogP contribution in [0.1, 0.15) is 32.1 Å². The molecule has 24 heavy (non-hydrogen) atoms. The van der Waals surface area contributed by atoms with E-state index < -0.39 is 5.97 Å². The van der Waals surface area contributed by atoms with E-state index in [1.54, 1.807) is 31.4 Å². The van der Waals surface area contributed by atoms with E-state index in [0.717, 1.165) is 11.4 Å². The number of hydrogen-bond acceptors (Lipinski definition) is 5. The lowest BCUT2D eigenvalue weighted by molar-refractivity contribution is 0.0474. The highest BCUT2D eigenvalue weighted by atomic mass is 16.5. The Kier molecular flexibility index (Phi) is 5.76. The number of Topliss-reactive ketones (excluding diaryl/α,β-unsaturated/α-hetero) is 1. The van der Waals surface area contributed by atoms with Crippen molar-refractivity contribution in [1.29, 1.82) is 0 Å². The van der Waals surface area contributed by atoms with Gasteiger partial charge in [-0.05, 0) is 44.2 Å². The predicted molar refractivity (Wildman–Crippen MR) is 91.2 cm³/mol. The minimum absolute atomic E-state index is 0.226. The van der Waals surface area contributed by atoms with E-state index in [9.17, 15) is 9.59 Å². The first-order chi connectivity index (χ1) is 11.4. The molecule has 6 heteroatoms. The molecule has 1 aromatic carbocycles. The Balaban J connectivity index is 2.02. The number of aryl methyl sites for hydroxylation is 1. The van der Waals surface area contributed by atoms with E-state index in [4.69, 9.17) is 15.2 Å². The molecule has 0 atom stereocenters. The molecule has 2 aromatic rings. The summed E-state index contributed by atoms with van der Waals surface area (Å²) in [5.74, 6) is -0.771. The Hall–Kier alpha value is -2.60. The Morgan fingerprint density at radius 2 is 1.83 bits per heavy atom. The highest BCUT2D eigenvalue weighted by molar-refractivity contribution is 6.00. The largest absolute Gasteiger partial charge is 0.454 e. The van der Waals surface area contributed by atoms with Gasteiger partial charge in [0.15, 0.2) is 6.61 Å². The highest BCUT2D eigenvalue weighted by Crippen LogP contribution is 2.16. The molecule has 2 N–H and O–H groups in total. The van der Waals surface area contributed by atoms with E-state index in [1.807, 2.05) is 24.5 Å². The topological polar surface area (TPSA) is 83.5 Å². The molecule has 0 saturated carbocycles. The van der Waals surface area contributed by atoms with Crippen molar-refractivity contribution in [1.82, 2.24) is 4.57 Å². The number of hydrogen-bond donors (Lipinski definition) is 1. The second-order valence-corrected chi connectivity index (χ2v) is 5.55. The van der Waals surface area contributed by atoms with E-state index in [-0.39, 0.29) is 12.4 Å². The lowest BCUT2D eigenvalue weighted by Gasteiger charge is -2.09. The molecule has 1 aromatic heterocycles. The van der Waals surface area contributed by atoms with Crippen LogP contribution in [-0.2, 0) is 16.0 Å². The summed E-state index contributed by atoms with van der Waals surface area (Å²) in [7, 11) is 1.64. The number of anilines is 1. The average Bonchev–Trinajstić information content (AvgIpc) is 2.85. The van der Waals surface area contributed by atoms with E-state index in [1.165, 1.54) is 0 Å². The van der Waals surface area contributed by atoms with Crippen LogP contribution < -0.4 is 5.73 Å². The van der Waals surface area contributed by atoms with Gasteiger partial charge in [0.25, 0.3) is 0 Å². The lowest BCUT2D eigenvalue weighted by atomic mass is 10.1. The van der Waals surface area contributed by atoms with Crippen LogP contribution >= 0.6 is 0 Å². The molecule has 0 bridgehead atoms. The smallest absolute Gasteiger partial charge is 0.338 e. The summed E-state index contributed by atoms with van der Waals surface area (Å²) in [4.78, 5) is 24.3. The van der Waals surface area contributed by atoms with Gasteiger partial charge in [0.05, 0.1) is 12.2 Å². The molecule has 0 radical (unpaired) electrons. The average molecular weight is 330 g/mol. The summed E-state index contributed by atoms with van der Waals surface area (Å²) in [6.45, 7) is 4.75. The highest BCUT2D eigenvalue weighted by Gasteiger charge is 2.17. The lowest BCUT2D eigenvalue weighted by Crippen LogP contribution is -2.15. The summed E-state index contributed by atoms with van der Waals surface area (Å²) < 4.78 is 12.2. The first-order valence-electron chi connectivity index (χ1n) is 7.65. The fraction of sp³-hybridized carbons (Fsp3) is 0.333. The molecule has 2 rings (SSSR count). The van der Waals surface area contributed by atoms with Crippen LogP contribution in [0.2, 0.25) is 0 Å². The number of esters is 1. The van der Waals surface area contributed by atoms with Gasteiger partial charge in [-0.15, -0.1) is 0 Å². The van der Waals surface area contributed by atoms with E-state index in [2.05, 4.69) is 0 Å². The molecule has 0 aliphatic carbocycles. The van der Waals surface area contributed by atoms with Gasteiger partial charge in [0.1, 0.15) is 0 Å². The van der Waals surface area contributed by atoms with Crippen molar-refractivity contribution in [2.75, 3.05) is 26.1 Å². The molecule has 128 valence electrons. The summed E-state index contributed by atoms with van der Waals surface area (Å²) in [5, 5.41) is 0. The third-order valence-electron chi connectivity index (χ3n) is 3.87. The number of ether oxygens (including phenoxy) is 2. The minimum Gasteiger partial charge on any atom is -0.454 e. The van der Waals surface area contributed by atoms with Crippen molar-refractivity contribution in [3.05, 3.63) is 52.8 Å². The number of rotatable bonds is 7. The Morgan fingerprint density at radius 3 is 2.46 bits per heavy atom. The molecule has 0 saturated heterocycles. The van der Waals surface area contributed by atoms with Crippen LogP contribution in [-0.4, -0.2) is 36.6 Å². The van der Waals surface area contributed by atoms with Crippen LogP contribution in [0.15, 0.2) is 30.3 Å². The maximum absolute atomic E-state index is 12.4. The van der Waals surface area contributed by atoms with Crippen LogP contribution in [0.4, 0.5) is 5.69 Å². The number of benzene rings is 1. The number of carbonyl (C=O) groups excluding carboxylic acids is 2. The van der Waals surface area contributed by atoms with Crippen molar-refractivity contribution in [2.24, 2.45) is 0 Å². The zero-order valence-electron chi connectivity index (χ0n) is 14.2. The van der Waals surface area contributed by atoms with Gasteiger partial charge in [-0.25, -0.2) is 4.79 Å². The summed E-state index contributed by atoms with van der Waals surface area (Å²) in [5.41, 5.74) is 8.88. The second-order valence-electron chi connectivity index (χ2n) is 5.55. The summed E-state index contributed by atoms with van der Waals surface area (Å²) >= 11 is 0. The van der Waals surface area contributed by atoms with Crippen molar-refractivity contribution in [3.63, 3.8) is 0 Å². The van der Waals surface area contributed by atoms with E-state index >= 15 is 0 Å². The van der Waals surface area contributed by atoms with Crippen molar-refractivity contribution in [3.8, 4) is 0 Å². The maximum atomic E-state index is 12.4. The quantitative estimate of drug-likeness (QED) is 0.479. The fourth-order valence-corrected chi connectivity index (χ4v) is 2.52. The molecule has 0 spiro atoms. The van der Waals surface area contributed by atoms with Gasteiger partial charge in [-0.1, -0.05) is 0 Å². The van der Waals surface area contributed by atoms with Gasteiger partial charge >= 0.3 is 5.97 Å². The third kappa shape index (κ3) is 4.02. The van der Waals surface area contributed by atoms with Crippen LogP contribution in [0.3, 0.4) is 0 Å². The van der Waals surface area contributed by atoms with Crippen LogP contribution in [0.25, 0.3) is 0 Å². The second kappa shape index (κ2) is 7.79. The Bertz CT molecular complexity index is 732. The molecule has 0 aliphatic rings. The number of aromatic nitrogens is 1. The predicted octanol–water partition coefficient (Wildman–Crippen LogP) is 2.37. The summed E-state index contributed by atoms with van der Waals surface area (Å²) in [6, 6.07) is 8.17. The Labute approximate surface area is 141 Å². The molecule has 0 amide bonds. The number of methoxy groups -OCH3 is 1. The monoisotopic (exact) mass is 330 g/mol. The zero-order chi connectivity index (χ0) is 17.7. The third-order valence-corrected chi connectivity index (χ3v) is 3.87. The zero-order valence-corrected chi connectivity index (χ0v) is 14.2. The minimum atomic E-state index is -0.545. The first-order valence-corrected chi connectivity index (χ1v) is 7.65. The SMILES string of the molecule is COCCn1c(C)cc(C(=O)COC(=O)c2ccc(N)cc2)c1C. The van der Waals surface area contributed by atoms with Crippen LogP contribution in [0, 0.1) is 13.8 Å². The van der Waals surface area contributed by atoms with Gasteiger partial charge in [-0.3, -0.25) is 4.79 Å². The van der Waals surface area contributed by atoms with E-state index in [0.29, 0.717) is 30.0 Å². The van der Waals surface area contributed by atoms with Crippen molar-refractivity contribution >= 4 is 17.4 Å². The molecule has 0 fully saturated rings. The molecular weight excluding hydrogens is 308 g/mol. The standard InChI is InChI=1S/C18H22N2O4/c1-12-10-16(13(2)20(12)8-9-23-3)17(21)11-24-18(22)14-4-6-15(19)7-5-14/h4-7,10H,8-9,11,19H2,1-3H3. The number of ketones is 1. The Morgan fingerprint density at radius 1 is 1.17 bits per heavy atom. The first kappa shape index (κ1) is 17.7. The number of carbonyl (C=O) groups is 2. The molecule has 1 heterocycles. The number of nitrogen functional groups attached to an aromatic ring is 1. The van der Waals surface area contributed by atoms with Crippen molar-refractivity contribution in [2.45, 2.75) is 20.4 Å². The maximum Gasteiger partial charge on any atom is 0.338 e. The van der Waals surface area contributed by atoms with Gasteiger partial charge in [0.2, 0.25) is 5.78 Å². The fourth-order valence-electron chi connectivity index (χ4n) is 2.52. The molecular formula is C18H22N2O4.